The second-order valence-electron chi connectivity index (χ2n) is 11.8. The lowest BCUT2D eigenvalue weighted by Crippen LogP contribution is -2.35. The molecule has 8 aromatic rings. The smallest absolute Gasteiger partial charge is 0.138 e. The van der Waals surface area contributed by atoms with Gasteiger partial charge in [-0.1, -0.05) is 146 Å². The summed E-state index contributed by atoms with van der Waals surface area (Å²) in [7, 11) is 0. The summed E-state index contributed by atoms with van der Waals surface area (Å²) in [5, 5.41) is 0. The van der Waals surface area contributed by atoms with Gasteiger partial charge < -0.3 is 0 Å². The maximum absolute atomic E-state index is 5.43. The van der Waals surface area contributed by atoms with E-state index in [9.17, 15) is 0 Å². The Morgan fingerprint density at radius 2 is 0.449 bits per heavy atom. The van der Waals surface area contributed by atoms with Crippen molar-refractivity contribution in [2.45, 2.75) is 5.41 Å². The number of hydrogen-bond acceptors (Lipinski definition) is 4. The van der Waals surface area contributed by atoms with Crippen LogP contribution in [0.4, 0.5) is 0 Å². The molecule has 0 fully saturated rings. The Bertz CT molecular complexity index is 1990. The Labute approximate surface area is 286 Å². The van der Waals surface area contributed by atoms with Crippen LogP contribution in [0.2, 0.25) is 0 Å². The first-order valence-corrected chi connectivity index (χ1v) is 16.4. The Morgan fingerprint density at radius 3 is 0.673 bits per heavy atom. The zero-order valence-electron chi connectivity index (χ0n) is 26.8. The SMILES string of the molecule is c1ccc(-c2cccc(C(c3cccc(-c4ccccc4)n3)(c3cccc(-c4ccccc4)n3)c3cccc(-c4ccccc4)n3)n2)cc1. The number of benzene rings is 4. The van der Waals surface area contributed by atoms with Crippen LogP contribution in [0.3, 0.4) is 0 Å². The van der Waals surface area contributed by atoms with Crippen molar-refractivity contribution in [1.29, 1.82) is 0 Å². The maximum Gasteiger partial charge on any atom is 0.138 e. The van der Waals surface area contributed by atoms with Crippen LogP contribution in [0.25, 0.3) is 45.0 Å². The van der Waals surface area contributed by atoms with Crippen LogP contribution in [0.5, 0.6) is 0 Å². The van der Waals surface area contributed by atoms with E-state index in [2.05, 4.69) is 121 Å². The van der Waals surface area contributed by atoms with Gasteiger partial charge >= 0.3 is 0 Å². The average molecular weight is 629 g/mol. The molecule has 0 radical (unpaired) electrons. The lowest BCUT2D eigenvalue weighted by atomic mass is 9.73. The first kappa shape index (κ1) is 29.9. The van der Waals surface area contributed by atoms with E-state index in [4.69, 9.17) is 19.9 Å². The lowest BCUT2D eigenvalue weighted by molar-refractivity contribution is 0.645. The molecule has 0 atom stereocenters. The van der Waals surface area contributed by atoms with E-state index in [-0.39, 0.29) is 0 Å². The Balaban J connectivity index is 1.47. The number of pyridine rings is 4. The van der Waals surface area contributed by atoms with Crippen LogP contribution < -0.4 is 0 Å². The normalized spacial score (nSPS) is 11.3. The summed E-state index contributed by atoms with van der Waals surface area (Å²) in [4.78, 5) is 21.7. The highest BCUT2D eigenvalue weighted by atomic mass is 14.9. The van der Waals surface area contributed by atoms with Gasteiger partial charge in [-0.15, -0.1) is 0 Å². The van der Waals surface area contributed by atoms with Crippen LogP contribution in [-0.4, -0.2) is 19.9 Å². The third-order valence-corrected chi connectivity index (χ3v) is 8.81. The van der Waals surface area contributed by atoms with Gasteiger partial charge in [-0.2, -0.15) is 0 Å². The number of nitrogens with zero attached hydrogens (tertiary/aromatic N) is 4. The Kier molecular flexibility index (Phi) is 8.11. The third kappa shape index (κ3) is 5.81. The predicted octanol–water partition coefficient (Wildman–Crippen LogP) is 10.3. The topological polar surface area (TPSA) is 51.6 Å². The summed E-state index contributed by atoms with van der Waals surface area (Å²) in [6.45, 7) is 0. The molecule has 8 rings (SSSR count). The van der Waals surface area contributed by atoms with Gasteiger partial charge in [-0.3, -0.25) is 19.9 Å². The molecule has 4 aromatic carbocycles. The van der Waals surface area contributed by atoms with Gasteiger partial charge in [0.05, 0.1) is 45.6 Å². The lowest BCUT2D eigenvalue weighted by Gasteiger charge is -2.33. The van der Waals surface area contributed by atoms with Gasteiger partial charge in [0.2, 0.25) is 0 Å². The van der Waals surface area contributed by atoms with Gasteiger partial charge in [-0.25, -0.2) is 0 Å². The zero-order chi connectivity index (χ0) is 32.9. The molecular weight excluding hydrogens is 597 g/mol. The molecule has 0 aliphatic carbocycles. The predicted molar refractivity (Wildman–Crippen MR) is 198 cm³/mol. The van der Waals surface area contributed by atoms with Gasteiger partial charge in [-0.05, 0) is 48.5 Å². The van der Waals surface area contributed by atoms with E-state index in [1.165, 1.54) is 0 Å². The van der Waals surface area contributed by atoms with Gasteiger partial charge in [0.25, 0.3) is 0 Å². The molecule has 0 saturated carbocycles. The van der Waals surface area contributed by atoms with E-state index in [1.54, 1.807) is 0 Å². The maximum atomic E-state index is 5.43. The number of aromatic nitrogens is 4. The van der Waals surface area contributed by atoms with Crippen LogP contribution in [0, 0.1) is 0 Å². The summed E-state index contributed by atoms with van der Waals surface area (Å²) in [6.07, 6.45) is 0. The highest BCUT2D eigenvalue weighted by Gasteiger charge is 2.45. The van der Waals surface area contributed by atoms with E-state index in [0.717, 1.165) is 67.8 Å². The first-order valence-electron chi connectivity index (χ1n) is 16.4. The van der Waals surface area contributed by atoms with Crippen molar-refractivity contribution in [1.82, 2.24) is 19.9 Å². The standard InChI is InChI=1S/C45H32N4/c1-5-17-33(18-6-1)37-25-13-29-41(46-37)45(42-30-14-26-38(47-42)34-19-7-2-8-20-34,43-31-15-27-39(48-43)35-21-9-3-10-22-35)44-32-16-28-40(49-44)36-23-11-4-12-24-36/h1-32H. The molecule has 0 spiro atoms. The van der Waals surface area contributed by atoms with Crippen molar-refractivity contribution in [2.75, 3.05) is 0 Å². The Hall–Kier alpha value is -6.52. The molecule has 0 N–H and O–H groups in total. The summed E-state index contributed by atoms with van der Waals surface area (Å²) in [5.41, 5.74) is 9.59. The molecule has 0 aliphatic heterocycles. The minimum absolute atomic E-state index is 0.780. The third-order valence-electron chi connectivity index (χ3n) is 8.81. The molecule has 4 heterocycles. The van der Waals surface area contributed by atoms with Gasteiger partial charge in [0.15, 0.2) is 0 Å². The molecule has 0 saturated heterocycles. The fraction of sp³-hybridized carbons (Fsp3) is 0.0222. The molecule has 0 bridgehead atoms. The van der Waals surface area contributed by atoms with Crippen molar-refractivity contribution < 1.29 is 0 Å². The largest absolute Gasteiger partial charge is 0.251 e. The van der Waals surface area contributed by atoms with E-state index >= 15 is 0 Å². The van der Waals surface area contributed by atoms with Crippen LogP contribution in [-0.2, 0) is 5.41 Å². The number of hydrogen-bond donors (Lipinski definition) is 0. The quantitative estimate of drug-likeness (QED) is 0.168. The fourth-order valence-corrected chi connectivity index (χ4v) is 6.44. The summed E-state index contributed by atoms with van der Waals surface area (Å²) in [5.74, 6) is 0. The van der Waals surface area contributed by atoms with Crippen LogP contribution >= 0.6 is 0 Å². The number of rotatable bonds is 8. The van der Waals surface area contributed by atoms with Crippen LogP contribution in [0.1, 0.15) is 22.8 Å². The fourth-order valence-electron chi connectivity index (χ4n) is 6.44. The van der Waals surface area contributed by atoms with Crippen molar-refractivity contribution >= 4 is 0 Å². The van der Waals surface area contributed by atoms with E-state index in [0.29, 0.717) is 0 Å². The molecule has 0 amide bonds. The zero-order valence-corrected chi connectivity index (χ0v) is 26.8. The van der Waals surface area contributed by atoms with Crippen molar-refractivity contribution in [2.24, 2.45) is 0 Å². The van der Waals surface area contributed by atoms with Crippen molar-refractivity contribution in [3.8, 4) is 45.0 Å². The minimum atomic E-state index is -1.09. The van der Waals surface area contributed by atoms with Crippen LogP contribution in [0.15, 0.2) is 194 Å². The Morgan fingerprint density at radius 1 is 0.224 bits per heavy atom. The highest BCUT2D eigenvalue weighted by Crippen LogP contribution is 2.44. The highest BCUT2D eigenvalue weighted by molar-refractivity contribution is 5.67. The van der Waals surface area contributed by atoms with E-state index in [1.807, 2.05) is 72.8 Å². The average Bonchev–Trinajstić information content (AvgIpc) is 3.20. The molecule has 4 nitrogen and oxygen atoms in total. The molecular formula is C45H32N4. The first-order chi connectivity index (χ1) is 24.3. The molecule has 4 aromatic heterocycles. The van der Waals surface area contributed by atoms with Gasteiger partial charge in [0, 0.05) is 22.3 Å². The molecule has 232 valence electrons. The van der Waals surface area contributed by atoms with Gasteiger partial charge in [0.1, 0.15) is 5.41 Å². The molecule has 0 aliphatic rings. The molecule has 49 heavy (non-hydrogen) atoms. The second-order valence-corrected chi connectivity index (χ2v) is 11.8. The molecule has 4 heteroatoms. The summed E-state index contributed by atoms with van der Waals surface area (Å²) < 4.78 is 0. The van der Waals surface area contributed by atoms with Crippen molar-refractivity contribution in [3.63, 3.8) is 0 Å². The van der Waals surface area contributed by atoms with E-state index < -0.39 is 5.41 Å². The monoisotopic (exact) mass is 628 g/mol. The minimum Gasteiger partial charge on any atom is -0.251 e. The summed E-state index contributed by atoms with van der Waals surface area (Å²) in [6, 6.07) is 65.9. The molecule has 0 unspecified atom stereocenters. The van der Waals surface area contributed by atoms with Crippen molar-refractivity contribution in [3.05, 3.63) is 217 Å². The second kappa shape index (κ2) is 13.3. The summed E-state index contributed by atoms with van der Waals surface area (Å²) >= 11 is 0.